The highest BCUT2D eigenvalue weighted by Crippen LogP contribution is 2.60. The highest BCUT2D eigenvalue weighted by atomic mass is 79.9. The van der Waals surface area contributed by atoms with E-state index >= 15 is 0 Å². The van der Waals surface area contributed by atoms with Gasteiger partial charge in [-0.15, -0.1) is 0 Å². The van der Waals surface area contributed by atoms with Crippen LogP contribution in [0.4, 0.5) is 5.69 Å². The molecular formula is C28H40BrN3O6. The van der Waals surface area contributed by atoms with E-state index in [-0.39, 0.29) is 35.1 Å². The van der Waals surface area contributed by atoms with Crippen LogP contribution in [0, 0.1) is 17.8 Å². The van der Waals surface area contributed by atoms with E-state index in [9.17, 15) is 19.5 Å². The molecule has 9 nitrogen and oxygen atoms in total. The first-order valence-corrected chi connectivity index (χ1v) is 14.3. The first kappa shape index (κ1) is 28.8. The molecule has 3 amide bonds. The molecular weight excluding hydrogens is 554 g/mol. The number of halogens is 1. The molecule has 3 N–H and O–H groups in total. The van der Waals surface area contributed by atoms with Gasteiger partial charge in [0.25, 0.3) is 0 Å². The topological polar surface area (TPSA) is 117 Å². The second-order valence-corrected chi connectivity index (χ2v) is 13.2. The maximum Gasteiger partial charge on any atom is 0.246 e. The van der Waals surface area contributed by atoms with Gasteiger partial charge >= 0.3 is 0 Å². The molecule has 3 aliphatic heterocycles. The molecule has 0 aliphatic carbocycles. The lowest BCUT2D eigenvalue weighted by atomic mass is 9.70. The minimum Gasteiger partial charge on any atom is -0.494 e. The Kier molecular flexibility index (Phi) is 8.17. The fourth-order valence-electron chi connectivity index (χ4n) is 6.34. The van der Waals surface area contributed by atoms with Gasteiger partial charge in [-0.3, -0.25) is 14.4 Å². The van der Waals surface area contributed by atoms with Crippen LogP contribution in [0.5, 0.6) is 5.75 Å². The molecule has 7 atom stereocenters. The molecule has 10 heteroatoms. The number of hydrogen-bond donors (Lipinski definition) is 3. The lowest BCUT2D eigenvalue weighted by Gasteiger charge is -2.38. The van der Waals surface area contributed by atoms with E-state index in [0.717, 1.165) is 0 Å². The molecule has 1 spiro atoms. The molecule has 0 aromatic heterocycles. The molecule has 1 aromatic rings. The van der Waals surface area contributed by atoms with Crippen LogP contribution in [0.15, 0.2) is 24.3 Å². The molecule has 1 aromatic carbocycles. The number of aliphatic hydroxyl groups excluding tert-OH is 1. The van der Waals surface area contributed by atoms with Crippen LogP contribution in [-0.4, -0.2) is 75.1 Å². The van der Waals surface area contributed by atoms with E-state index in [1.54, 1.807) is 24.3 Å². The molecule has 3 unspecified atom stereocenters. The summed E-state index contributed by atoms with van der Waals surface area (Å²) in [7, 11) is 0. The van der Waals surface area contributed by atoms with Crippen molar-refractivity contribution < 1.29 is 29.0 Å². The highest BCUT2D eigenvalue weighted by molar-refractivity contribution is 9.09. The second kappa shape index (κ2) is 10.8. The number of anilines is 1. The summed E-state index contributed by atoms with van der Waals surface area (Å²) in [6.45, 7) is 11.8. The predicted octanol–water partition coefficient (Wildman–Crippen LogP) is 3.09. The molecule has 0 saturated carbocycles. The Labute approximate surface area is 233 Å². The van der Waals surface area contributed by atoms with E-state index < -0.39 is 41.2 Å². The van der Waals surface area contributed by atoms with Crippen LogP contribution in [0.2, 0.25) is 0 Å². The van der Waals surface area contributed by atoms with Crippen LogP contribution >= 0.6 is 15.9 Å². The summed E-state index contributed by atoms with van der Waals surface area (Å²) in [5.74, 6) is -1.71. The Morgan fingerprint density at radius 1 is 1.24 bits per heavy atom. The largest absolute Gasteiger partial charge is 0.494 e. The van der Waals surface area contributed by atoms with Crippen molar-refractivity contribution in [3.8, 4) is 5.75 Å². The van der Waals surface area contributed by atoms with Crippen LogP contribution < -0.4 is 15.4 Å². The predicted molar refractivity (Wildman–Crippen MR) is 147 cm³/mol. The third-order valence-electron chi connectivity index (χ3n) is 7.56. The minimum atomic E-state index is -1.17. The van der Waals surface area contributed by atoms with Crippen molar-refractivity contribution in [1.82, 2.24) is 10.2 Å². The zero-order chi connectivity index (χ0) is 28.0. The zero-order valence-electron chi connectivity index (χ0n) is 23.0. The van der Waals surface area contributed by atoms with Gasteiger partial charge < -0.3 is 30.1 Å². The number of hydrogen-bond acceptors (Lipinski definition) is 6. The Balaban J connectivity index is 1.70. The molecule has 2 bridgehead atoms. The van der Waals surface area contributed by atoms with Crippen molar-refractivity contribution in [3.63, 3.8) is 0 Å². The number of ether oxygens (including phenoxy) is 2. The van der Waals surface area contributed by atoms with Crippen LogP contribution in [0.25, 0.3) is 0 Å². The SMILES string of the molecule is CCOc1ccc(NC(=O)[C@H]2[C@H]3C(=O)N([C@@H](CO)CC(C)C)C(C(=O)NC(C)(C)C)C34CC(Br)[C@@H]2O4)cc1. The van der Waals surface area contributed by atoms with E-state index in [2.05, 4.69) is 26.6 Å². The van der Waals surface area contributed by atoms with Gasteiger partial charge in [0, 0.05) is 16.1 Å². The van der Waals surface area contributed by atoms with E-state index in [1.165, 1.54) is 4.90 Å². The van der Waals surface area contributed by atoms with Gasteiger partial charge in [0.05, 0.1) is 37.2 Å². The summed E-state index contributed by atoms with van der Waals surface area (Å²) in [5, 5.41) is 16.3. The first-order valence-electron chi connectivity index (χ1n) is 13.4. The van der Waals surface area contributed by atoms with Crippen molar-refractivity contribution >= 4 is 39.3 Å². The Morgan fingerprint density at radius 3 is 2.45 bits per heavy atom. The Hall–Kier alpha value is -2.17. The molecule has 3 aliphatic rings. The van der Waals surface area contributed by atoms with Crippen molar-refractivity contribution in [2.75, 3.05) is 18.5 Å². The molecule has 3 fully saturated rings. The molecule has 3 saturated heterocycles. The van der Waals surface area contributed by atoms with Gasteiger partial charge in [0.1, 0.15) is 17.4 Å². The fourth-order valence-corrected chi connectivity index (χ4v) is 7.29. The molecule has 4 rings (SSSR count). The average Bonchev–Trinajstić information content (AvgIpc) is 3.41. The van der Waals surface area contributed by atoms with Gasteiger partial charge in [0.2, 0.25) is 17.7 Å². The van der Waals surface area contributed by atoms with E-state index in [1.807, 2.05) is 41.5 Å². The summed E-state index contributed by atoms with van der Waals surface area (Å²) >= 11 is 3.69. The van der Waals surface area contributed by atoms with Gasteiger partial charge in [0.15, 0.2) is 0 Å². The molecule has 0 radical (unpaired) electrons. The Bertz CT molecular complexity index is 1060. The minimum absolute atomic E-state index is 0.184. The van der Waals surface area contributed by atoms with Gasteiger partial charge in [-0.25, -0.2) is 0 Å². The lowest BCUT2D eigenvalue weighted by Crippen LogP contribution is -2.60. The normalized spacial score (nSPS) is 30.9. The molecule has 38 heavy (non-hydrogen) atoms. The van der Waals surface area contributed by atoms with Crippen molar-refractivity contribution in [2.45, 2.75) is 88.5 Å². The third kappa shape index (κ3) is 5.19. The smallest absolute Gasteiger partial charge is 0.246 e. The maximum atomic E-state index is 14.2. The summed E-state index contributed by atoms with van der Waals surface area (Å²) < 4.78 is 12.0. The number of carbonyl (C=O) groups excluding carboxylic acids is 3. The molecule has 210 valence electrons. The van der Waals surface area contributed by atoms with Crippen LogP contribution in [0.1, 0.15) is 54.4 Å². The average molecular weight is 595 g/mol. The number of carbonyl (C=O) groups is 3. The number of likely N-dealkylation sites (tertiary alicyclic amines) is 1. The first-order chi connectivity index (χ1) is 17.8. The number of amides is 3. The fraction of sp³-hybridized carbons (Fsp3) is 0.679. The van der Waals surface area contributed by atoms with E-state index in [0.29, 0.717) is 30.9 Å². The standard InChI is InChI=1S/C28H40BrN3O6/c1-7-37-18-10-8-16(9-11-18)30-24(34)20-21-26(36)32(17(14-33)12-15(2)3)23(25(35)31-27(4,5)6)28(21)13-19(29)22(20)38-28/h8-11,15,17,19-23,33H,7,12-14H2,1-6H3,(H,30,34)(H,31,35)/t17-,19?,20+,21+,22+,23?,28?/m1/s1. The Morgan fingerprint density at radius 2 is 1.89 bits per heavy atom. The zero-order valence-corrected chi connectivity index (χ0v) is 24.6. The van der Waals surface area contributed by atoms with E-state index in [4.69, 9.17) is 9.47 Å². The van der Waals surface area contributed by atoms with Crippen molar-refractivity contribution in [3.05, 3.63) is 24.3 Å². The number of benzene rings is 1. The third-order valence-corrected chi connectivity index (χ3v) is 8.40. The number of fused-ring (bicyclic) bond motifs is 1. The van der Waals surface area contributed by atoms with Gasteiger partial charge in [-0.2, -0.15) is 0 Å². The van der Waals surface area contributed by atoms with Gasteiger partial charge in [-0.1, -0.05) is 29.8 Å². The molecule has 3 heterocycles. The number of rotatable bonds is 9. The number of aliphatic hydroxyl groups is 1. The monoisotopic (exact) mass is 593 g/mol. The van der Waals surface area contributed by atoms with Gasteiger partial charge in [-0.05, 0) is 70.7 Å². The summed E-state index contributed by atoms with van der Waals surface area (Å²) in [6, 6.07) is 5.54. The van der Waals surface area contributed by atoms with Crippen molar-refractivity contribution in [1.29, 1.82) is 0 Å². The highest BCUT2D eigenvalue weighted by Gasteiger charge is 2.77. The second-order valence-electron chi connectivity index (χ2n) is 12.1. The quantitative estimate of drug-likeness (QED) is 0.379. The number of nitrogens with zero attached hydrogens (tertiary/aromatic N) is 1. The van der Waals surface area contributed by atoms with Crippen LogP contribution in [-0.2, 0) is 19.1 Å². The summed E-state index contributed by atoms with van der Waals surface area (Å²) in [4.78, 5) is 43.0. The van der Waals surface area contributed by atoms with Crippen molar-refractivity contribution in [2.24, 2.45) is 17.8 Å². The lowest BCUT2D eigenvalue weighted by molar-refractivity contribution is -0.146. The summed E-state index contributed by atoms with van der Waals surface area (Å²) in [5.41, 5.74) is -1.13. The summed E-state index contributed by atoms with van der Waals surface area (Å²) in [6.07, 6.45) is 0.380. The number of nitrogens with one attached hydrogen (secondary N) is 2. The number of alkyl halides is 1. The van der Waals surface area contributed by atoms with Crippen LogP contribution in [0.3, 0.4) is 0 Å². The maximum absolute atomic E-state index is 14.2.